The van der Waals surface area contributed by atoms with E-state index < -0.39 is 36.8 Å². The molecular weight excluding hydrogens is 294 g/mol. The first kappa shape index (κ1) is 15.7. The van der Waals surface area contributed by atoms with E-state index in [1.54, 1.807) is 24.3 Å². The first-order valence-electron chi connectivity index (χ1n) is 7.52. The van der Waals surface area contributed by atoms with Gasteiger partial charge >= 0.3 is 0 Å². The van der Waals surface area contributed by atoms with E-state index >= 15 is 0 Å². The van der Waals surface area contributed by atoms with E-state index in [0.29, 0.717) is 5.56 Å². The van der Waals surface area contributed by atoms with Gasteiger partial charge in [-0.1, -0.05) is 60.7 Å². The van der Waals surface area contributed by atoms with E-state index in [1.807, 2.05) is 36.4 Å². The second-order valence-corrected chi connectivity index (χ2v) is 5.68. The Labute approximate surface area is 134 Å². The summed E-state index contributed by atoms with van der Waals surface area (Å²) in [6, 6.07) is 17.3. The van der Waals surface area contributed by atoms with Crippen molar-refractivity contribution in [3.8, 4) is 0 Å². The van der Waals surface area contributed by atoms with Gasteiger partial charge in [-0.3, -0.25) is 4.79 Å². The third kappa shape index (κ3) is 2.74. The number of nitrogens with zero attached hydrogens (tertiary/aromatic N) is 1. The molecule has 5 heteroatoms. The van der Waals surface area contributed by atoms with Gasteiger partial charge in [0.2, 0.25) is 0 Å². The number of carbonyl (C=O) groups excluding carboxylic acids is 1. The van der Waals surface area contributed by atoms with E-state index in [0.717, 1.165) is 10.5 Å². The highest BCUT2D eigenvalue weighted by Crippen LogP contribution is 2.40. The summed E-state index contributed by atoms with van der Waals surface area (Å²) >= 11 is 0. The van der Waals surface area contributed by atoms with Crippen molar-refractivity contribution in [3.05, 3.63) is 71.8 Å². The Kier molecular flexibility index (Phi) is 4.43. The molecular formula is C18H19NO4. The second kappa shape index (κ2) is 6.50. The van der Waals surface area contributed by atoms with Gasteiger partial charge in [0.25, 0.3) is 5.91 Å². The highest BCUT2D eigenvalue weighted by Gasteiger charge is 2.50. The molecule has 0 spiro atoms. The molecule has 0 saturated carbocycles. The molecule has 23 heavy (non-hydrogen) atoms. The van der Waals surface area contributed by atoms with E-state index in [2.05, 4.69) is 0 Å². The zero-order chi connectivity index (χ0) is 16.4. The maximum absolute atomic E-state index is 12.3. The molecule has 2 aromatic rings. The van der Waals surface area contributed by atoms with Crippen molar-refractivity contribution in [2.45, 2.75) is 24.2 Å². The lowest BCUT2D eigenvalue weighted by Gasteiger charge is -2.31. The van der Waals surface area contributed by atoms with Gasteiger partial charge in [-0.15, -0.1) is 0 Å². The minimum Gasteiger partial charge on any atom is -0.386 e. The molecule has 2 aromatic carbocycles. The Hall–Kier alpha value is -2.21. The lowest BCUT2D eigenvalue weighted by atomic mass is 9.85. The standard InChI is InChI=1S/C18H19NO4/c20-11-19-15(16(21)13-9-5-2-6-10-13)14(17(22)18(19)23)12-7-3-1-4-8-12/h1-10,14-17,20-22H,11H2/t14-,15-,16+,17?/m1/s1. The number of carbonyl (C=O) groups is 1. The van der Waals surface area contributed by atoms with Crippen molar-refractivity contribution in [1.29, 1.82) is 0 Å². The molecule has 0 bridgehead atoms. The summed E-state index contributed by atoms with van der Waals surface area (Å²) in [4.78, 5) is 13.4. The smallest absolute Gasteiger partial charge is 0.254 e. The molecule has 3 rings (SSSR count). The fraction of sp³-hybridized carbons (Fsp3) is 0.278. The van der Waals surface area contributed by atoms with Crippen molar-refractivity contribution in [2.75, 3.05) is 6.73 Å². The maximum Gasteiger partial charge on any atom is 0.254 e. The summed E-state index contributed by atoms with van der Waals surface area (Å²) in [5.74, 6) is -1.17. The molecule has 0 radical (unpaired) electrons. The first-order valence-corrected chi connectivity index (χ1v) is 7.52. The topological polar surface area (TPSA) is 81.0 Å². The Morgan fingerprint density at radius 3 is 2.13 bits per heavy atom. The van der Waals surface area contributed by atoms with Crippen LogP contribution < -0.4 is 0 Å². The Bertz CT molecular complexity index is 661. The van der Waals surface area contributed by atoms with Gasteiger partial charge in [0.15, 0.2) is 0 Å². The molecule has 1 aliphatic rings. The van der Waals surface area contributed by atoms with Crippen LogP contribution in [0.4, 0.5) is 0 Å². The van der Waals surface area contributed by atoms with E-state index in [-0.39, 0.29) is 0 Å². The zero-order valence-electron chi connectivity index (χ0n) is 12.5. The number of aliphatic hydroxyl groups excluding tert-OH is 3. The van der Waals surface area contributed by atoms with Crippen LogP contribution in [0.5, 0.6) is 0 Å². The molecule has 5 nitrogen and oxygen atoms in total. The number of hydrogen-bond acceptors (Lipinski definition) is 4. The highest BCUT2D eigenvalue weighted by molar-refractivity contribution is 5.85. The van der Waals surface area contributed by atoms with Crippen molar-refractivity contribution >= 4 is 5.91 Å². The van der Waals surface area contributed by atoms with E-state index in [1.165, 1.54) is 0 Å². The maximum atomic E-state index is 12.3. The fourth-order valence-electron chi connectivity index (χ4n) is 3.28. The molecule has 4 atom stereocenters. The summed E-state index contributed by atoms with van der Waals surface area (Å²) in [5, 5.41) is 30.7. The van der Waals surface area contributed by atoms with Gasteiger partial charge < -0.3 is 20.2 Å². The van der Waals surface area contributed by atoms with Gasteiger partial charge in [-0.25, -0.2) is 0 Å². The molecule has 3 N–H and O–H groups in total. The van der Waals surface area contributed by atoms with Gasteiger partial charge in [-0.05, 0) is 11.1 Å². The van der Waals surface area contributed by atoms with Gasteiger partial charge in [-0.2, -0.15) is 0 Å². The van der Waals surface area contributed by atoms with Crippen molar-refractivity contribution in [3.63, 3.8) is 0 Å². The van der Waals surface area contributed by atoms with Crippen LogP contribution in [0.1, 0.15) is 23.1 Å². The average Bonchev–Trinajstić information content (AvgIpc) is 2.86. The summed E-state index contributed by atoms with van der Waals surface area (Å²) in [6.07, 6.45) is -2.29. The number of rotatable bonds is 4. The predicted molar refractivity (Wildman–Crippen MR) is 84.3 cm³/mol. The normalized spacial score (nSPS) is 25.6. The lowest BCUT2D eigenvalue weighted by molar-refractivity contribution is -0.140. The highest BCUT2D eigenvalue weighted by atomic mass is 16.3. The Morgan fingerprint density at radius 1 is 1.00 bits per heavy atom. The van der Waals surface area contributed by atoms with Crippen LogP contribution in [0.25, 0.3) is 0 Å². The molecule has 1 unspecified atom stereocenters. The van der Waals surface area contributed by atoms with Crippen LogP contribution in [0.15, 0.2) is 60.7 Å². The molecule has 1 aliphatic heterocycles. The SMILES string of the molecule is O=C1C(O)[C@H](c2ccccc2)[C@H]([C@@H](O)c2ccccc2)N1CO. The van der Waals surface area contributed by atoms with Crippen molar-refractivity contribution < 1.29 is 20.1 Å². The lowest BCUT2D eigenvalue weighted by Crippen LogP contribution is -2.40. The zero-order valence-corrected chi connectivity index (χ0v) is 12.5. The second-order valence-electron chi connectivity index (χ2n) is 5.68. The van der Waals surface area contributed by atoms with Crippen LogP contribution in [0.2, 0.25) is 0 Å². The van der Waals surface area contributed by atoms with Crippen LogP contribution >= 0.6 is 0 Å². The molecule has 1 saturated heterocycles. The van der Waals surface area contributed by atoms with Crippen LogP contribution in [0.3, 0.4) is 0 Å². The first-order chi connectivity index (χ1) is 11.1. The molecule has 1 fully saturated rings. The number of aliphatic hydroxyl groups is 3. The van der Waals surface area contributed by atoms with Gasteiger partial charge in [0.1, 0.15) is 18.9 Å². The van der Waals surface area contributed by atoms with Crippen molar-refractivity contribution in [1.82, 2.24) is 4.90 Å². The summed E-state index contributed by atoms with van der Waals surface area (Å²) in [7, 11) is 0. The third-order valence-electron chi connectivity index (χ3n) is 4.41. The van der Waals surface area contributed by atoms with Gasteiger partial charge in [0.05, 0.1) is 6.04 Å². The molecule has 120 valence electrons. The number of hydrogen-bond donors (Lipinski definition) is 3. The average molecular weight is 313 g/mol. The summed E-state index contributed by atoms with van der Waals surface area (Å²) in [5.41, 5.74) is 1.39. The van der Waals surface area contributed by atoms with Crippen LogP contribution in [-0.2, 0) is 4.79 Å². The minimum absolute atomic E-state index is 0.548. The third-order valence-corrected chi connectivity index (χ3v) is 4.41. The Morgan fingerprint density at radius 2 is 1.57 bits per heavy atom. The molecule has 0 aromatic heterocycles. The Balaban J connectivity index is 2.03. The fourth-order valence-corrected chi connectivity index (χ4v) is 3.28. The molecule has 1 amide bonds. The summed E-state index contributed by atoms with van der Waals surface area (Å²) in [6.45, 7) is -0.548. The van der Waals surface area contributed by atoms with E-state index in [4.69, 9.17) is 0 Å². The number of benzene rings is 2. The largest absolute Gasteiger partial charge is 0.386 e. The quantitative estimate of drug-likeness (QED) is 0.787. The van der Waals surface area contributed by atoms with Crippen LogP contribution in [0, 0.1) is 0 Å². The van der Waals surface area contributed by atoms with Crippen molar-refractivity contribution in [2.24, 2.45) is 0 Å². The van der Waals surface area contributed by atoms with Crippen LogP contribution in [-0.4, -0.2) is 45.0 Å². The number of amides is 1. The monoisotopic (exact) mass is 313 g/mol. The number of likely N-dealkylation sites (tertiary alicyclic amines) is 1. The van der Waals surface area contributed by atoms with Gasteiger partial charge in [0, 0.05) is 5.92 Å². The summed E-state index contributed by atoms with van der Waals surface area (Å²) < 4.78 is 0. The minimum atomic E-state index is -1.28. The molecule has 1 heterocycles. The predicted octanol–water partition coefficient (Wildman–Crippen LogP) is 1.03. The molecule has 0 aliphatic carbocycles. The van der Waals surface area contributed by atoms with E-state index in [9.17, 15) is 20.1 Å².